The smallest absolute Gasteiger partial charge is 0.264 e. The Bertz CT molecular complexity index is 899. The molecule has 0 saturated heterocycles. The highest BCUT2D eigenvalue weighted by atomic mass is 32.2. The number of carbonyl (C=O) groups excluding carboxylic acids is 1. The zero-order valence-electron chi connectivity index (χ0n) is 12.8. The van der Waals surface area contributed by atoms with E-state index < -0.39 is 20.7 Å². The standard InChI is InChI=1S/C16H15FN2O4S/c1-19-8-9-23-14-7-6-11(10-12(14)16(19)20)18-24(21,22)15-5-3-2-4-13(15)17/h2-7,10,18H,8-9H2,1H3. The Labute approximate surface area is 138 Å². The third kappa shape index (κ3) is 3.05. The minimum absolute atomic E-state index is 0.157. The van der Waals surface area contributed by atoms with Crippen LogP contribution in [0.5, 0.6) is 5.75 Å². The average Bonchev–Trinajstić information content (AvgIpc) is 2.67. The van der Waals surface area contributed by atoms with Gasteiger partial charge in [0.05, 0.1) is 12.1 Å². The Morgan fingerprint density at radius 2 is 1.96 bits per heavy atom. The van der Waals surface area contributed by atoms with Crippen LogP contribution < -0.4 is 9.46 Å². The molecule has 0 atom stereocenters. The van der Waals surface area contributed by atoms with Crippen molar-refractivity contribution in [1.29, 1.82) is 0 Å². The van der Waals surface area contributed by atoms with Crippen LogP contribution in [0.1, 0.15) is 10.4 Å². The third-order valence-electron chi connectivity index (χ3n) is 3.62. The summed E-state index contributed by atoms with van der Waals surface area (Å²) in [5, 5.41) is 0. The lowest BCUT2D eigenvalue weighted by Gasteiger charge is -2.14. The monoisotopic (exact) mass is 350 g/mol. The van der Waals surface area contributed by atoms with E-state index >= 15 is 0 Å². The van der Waals surface area contributed by atoms with Gasteiger partial charge >= 0.3 is 0 Å². The topological polar surface area (TPSA) is 75.7 Å². The molecule has 0 radical (unpaired) electrons. The number of carbonyl (C=O) groups is 1. The number of amides is 1. The Hall–Kier alpha value is -2.61. The van der Waals surface area contributed by atoms with Gasteiger partial charge in [0.2, 0.25) is 0 Å². The number of likely N-dealkylation sites (N-methyl/N-ethyl adjacent to an activating group) is 1. The first-order valence-corrected chi connectivity index (χ1v) is 8.66. The van der Waals surface area contributed by atoms with E-state index in [9.17, 15) is 17.6 Å². The van der Waals surface area contributed by atoms with E-state index in [1.54, 1.807) is 7.05 Å². The molecule has 3 rings (SSSR count). The molecule has 2 aromatic rings. The lowest BCUT2D eigenvalue weighted by atomic mass is 10.1. The van der Waals surface area contributed by atoms with Crippen LogP contribution in [0.15, 0.2) is 47.4 Å². The number of fused-ring (bicyclic) bond motifs is 1. The van der Waals surface area contributed by atoms with Crippen molar-refractivity contribution in [2.45, 2.75) is 4.90 Å². The van der Waals surface area contributed by atoms with Crippen molar-refractivity contribution >= 4 is 21.6 Å². The number of anilines is 1. The Kier molecular flexibility index (Phi) is 4.15. The predicted molar refractivity (Wildman–Crippen MR) is 86.1 cm³/mol. The Morgan fingerprint density at radius 3 is 2.71 bits per heavy atom. The number of nitrogens with one attached hydrogen (secondary N) is 1. The molecule has 2 aromatic carbocycles. The molecule has 0 aromatic heterocycles. The van der Waals surface area contributed by atoms with Gasteiger partial charge in [-0.05, 0) is 30.3 Å². The van der Waals surface area contributed by atoms with Gasteiger partial charge in [-0.3, -0.25) is 9.52 Å². The molecule has 0 spiro atoms. The normalized spacial score (nSPS) is 14.6. The molecule has 1 amide bonds. The van der Waals surface area contributed by atoms with Crippen LogP contribution in [0.2, 0.25) is 0 Å². The van der Waals surface area contributed by atoms with E-state index in [4.69, 9.17) is 4.74 Å². The molecule has 1 N–H and O–H groups in total. The van der Waals surface area contributed by atoms with Gasteiger partial charge in [-0.1, -0.05) is 12.1 Å². The summed E-state index contributed by atoms with van der Waals surface area (Å²) in [7, 11) is -2.47. The molecule has 1 aliphatic heterocycles. The zero-order valence-corrected chi connectivity index (χ0v) is 13.6. The Balaban J connectivity index is 1.96. The molecule has 0 bridgehead atoms. The van der Waals surface area contributed by atoms with Crippen LogP contribution in [0.3, 0.4) is 0 Å². The van der Waals surface area contributed by atoms with Gasteiger partial charge in [0.1, 0.15) is 23.1 Å². The fraction of sp³-hybridized carbons (Fsp3) is 0.188. The number of hydrogen-bond donors (Lipinski definition) is 1. The van der Waals surface area contributed by atoms with Crippen molar-refractivity contribution < 1.29 is 22.3 Å². The van der Waals surface area contributed by atoms with E-state index in [1.165, 1.54) is 41.3 Å². The zero-order chi connectivity index (χ0) is 17.3. The van der Waals surface area contributed by atoms with E-state index in [0.717, 1.165) is 6.07 Å². The van der Waals surface area contributed by atoms with Crippen LogP contribution in [-0.2, 0) is 10.0 Å². The van der Waals surface area contributed by atoms with Crippen LogP contribution >= 0.6 is 0 Å². The molecule has 6 nitrogen and oxygen atoms in total. The maximum atomic E-state index is 13.7. The summed E-state index contributed by atoms with van der Waals surface area (Å²) in [6.45, 7) is 0.791. The highest BCUT2D eigenvalue weighted by molar-refractivity contribution is 7.92. The quantitative estimate of drug-likeness (QED) is 0.920. The van der Waals surface area contributed by atoms with Gasteiger partial charge in [-0.15, -0.1) is 0 Å². The molecule has 8 heteroatoms. The van der Waals surface area contributed by atoms with Gasteiger partial charge in [0, 0.05) is 12.7 Å². The molecule has 1 aliphatic rings. The van der Waals surface area contributed by atoms with Gasteiger partial charge in [-0.25, -0.2) is 12.8 Å². The molecule has 1 heterocycles. The van der Waals surface area contributed by atoms with E-state index in [2.05, 4.69) is 4.72 Å². The molecule has 126 valence electrons. The minimum atomic E-state index is -4.10. The number of benzene rings is 2. The van der Waals surface area contributed by atoms with Gasteiger partial charge in [-0.2, -0.15) is 0 Å². The fourth-order valence-electron chi connectivity index (χ4n) is 2.36. The predicted octanol–water partition coefficient (Wildman–Crippen LogP) is 2.09. The van der Waals surface area contributed by atoms with Crippen molar-refractivity contribution in [1.82, 2.24) is 4.90 Å². The van der Waals surface area contributed by atoms with Crippen molar-refractivity contribution in [2.24, 2.45) is 0 Å². The van der Waals surface area contributed by atoms with E-state index in [1.807, 2.05) is 0 Å². The third-order valence-corrected chi connectivity index (χ3v) is 5.03. The second kappa shape index (κ2) is 6.12. The van der Waals surface area contributed by atoms with Gasteiger partial charge in [0.15, 0.2) is 0 Å². The number of rotatable bonds is 3. The summed E-state index contributed by atoms with van der Waals surface area (Å²) in [6.07, 6.45) is 0. The van der Waals surface area contributed by atoms with Gasteiger partial charge < -0.3 is 9.64 Å². The van der Waals surface area contributed by atoms with Crippen LogP contribution in [0.25, 0.3) is 0 Å². The summed E-state index contributed by atoms with van der Waals surface area (Å²) < 4.78 is 46.1. The van der Waals surface area contributed by atoms with E-state index in [-0.39, 0.29) is 17.2 Å². The second-order valence-electron chi connectivity index (χ2n) is 5.32. The highest BCUT2D eigenvalue weighted by Gasteiger charge is 2.23. The lowest BCUT2D eigenvalue weighted by Crippen LogP contribution is -2.27. The summed E-state index contributed by atoms with van der Waals surface area (Å²) in [5.41, 5.74) is 0.410. The second-order valence-corrected chi connectivity index (χ2v) is 6.97. The van der Waals surface area contributed by atoms with E-state index in [0.29, 0.717) is 18.9 Å². The van der Waals surface area contributed by atoms with Crippen molar-refractivity contribution in [3.63, 3.8) is 0 Å². The first-order valence-electron chi connectivity index (χ1n) is 7.18. The SMILES string of the molecule is CN1CCOc2ccc(NS(=O)(=O)c3ccccc3F)cc2C1=O. The largest absolute Gasteiger partial charge is 0.491 e. The molecule has 24 heavy (non-hydrogen) atoms. The lowest BCUT2D eigenvalue weighted by molar-refractivity contribution is 0.0796. The average molecular weight is 350 g/mol. The Morgan fingerprint density at radius 1 is 1.21 bits per heavy atom. The molecule has 0 fully saturated rings. The van der Waals surface area contributed by atoms with Crippen molar-refractivity contribution in [3.05, 3.63) is 53.8 Å². The summed E-state index contributed by atoms with van der Waals surface area (Å²) in [4.78, 5) is 13.3. The van der Waals surface area contributed by atoms with Crippen LogP contribution in [0.4, 0.5) is 10.1 Å². The van der Waals surface area contributed by atoms with Crippen molar-refractivity contribution in [2.75, 3.05) is 24.9 Å². The molecular weight excluding hydrogens is 335 g/mol. The fourth-order valence-corrected chi connectivity index (χ4v) is 3.49. The van der Waals surface area contributed by atoms with Gasteiger partial charge in [0.25, 0.3) is 15.9 Å². The highest BCUT2D eigenvalue weighted by Crippen LogP contribution is 2.27. The number of sulfonamides is 1. The molecular formula is C16H15FN2O4S. The van der Waals surface area contributed by atoms with Crippen LogP contribution in [0, 0.1) is 5.82 Å². The molecule has 0 saturated carbocycles. The summed E-state index contributed by atoms with van der Waals surface area (Å²) in [6, 6.07) is 9.45. The number of halogens is 1. The summed E-state index contributed by atoms with van der Waals surface area (Å²) >= 11 is 0. The number of ether oxygens (including phenoxy) is 1. The number of hydrogen-bond acceptors (Lipinski definition) is 4. The molecule has 0 unspecified atom stereocenters. The number of nitrogens with zero attached hydrogens (tertiary/aromatic N) is 1. The first kappa shape index (κ1) is 16.3. The summed E-state index contributed by atoms with van der Waals surface area (Å²) in [5.74, 6) is -0.730. The maximum absolute atomic E-state index is 13.7. The minimum Gasteiger partial charge on any atom is -0.491 e. The first-order chi connectivity index (χ1) is 11.4. The molecule has 0 aliphatic carbocycles. The van der Waals surface area contributed by atoms with Crippen LogP contribution in [-0.4, -0.2) is 39.4 Å². The maximum Gasteiger partial charge on any atom is 0.264 e. The van der Waals surface area contributed by atoms with Crippen molar-refractivity contribution in [3.8, 4) is 5.75 Å².